The van der Waals surface area contributed by atoms with Crippen LogP contribution in [0.1, 0.15) is 48.1 Å². The Morgan fingerprint density at radius 2 is 1.66 bits per heavy atom. The maximum Gasteiger partial charge on any atom is 0.420 e. The molecule has 1 atom stereocenters. The Balaban J connectivity index is 1.13. The van der Waals surface area contributed by atoms with E-state index >= 15 is 0 Å². The smallest absolute Gasteiger partial charge is 0.420 e. The molecule has 1 aromatic heterocycles. The van der Waals surface area contributed by atoms with Gasteiger partial charge in [-0.1, -0.05) is 11.6 Å². The van der Waals surface area contributed by atoms with Crippen molar-refractivity contribution >= 4 is 46.5 Å². The monoisotopic (exact) mass is 696 g/mol. The van der Waals surface area contributed by atoms with Gasteiger partial charge in [0.25, 0.3) is 0 Å². The largest absolute Gasteiger partial charge is 0.506 e. The molecule has 3 saturated heterocycles. The molecule has 256 valence electrons. The Labute approximate surface area is 280 Å². The number of aromatic hydroxyl groups is 1. The maximum absolute atomic E-state index is 14.0. The number of phenolic OH excluding ortho intramolecular Hbond substituents is 1. The second kappa shape index (κ2) is 14.2. The van der Waals surface area contributed by atoms with Crippen LogP contribution in [-0.4, -0.2) is 107 Å². The number of carbonyl (C=O) groups excluding carboxylic acids is 3. The van der Waals surface area contributed by atoms with Crippen LogP contribution in [-0.2, 0) is 28.7 Å². The van der Waals surface area contributed by atoms with Gasteiger partial charge in [-0.2, -0.15) is 13.2 Å². The van der Waals surface area contributed by atoms with Gasteiger partial charge in [0.1, 0.15) is 5.75 Å². The van der Waals surface area contributed by atoms with Crippen molar-refractivity contribution < 1.29 is 32.7 Å². The van der Waals surface area contributed by atoms with Crippen molar-refractivity contribution in [1.29, 1.82) is 0 Å². The number of hydrogen-bond donors (Lipinski definition) is 3. The summed E-state index contributed by atoms with van der Waals surface area (Å²) in [5.41, 5.74) is -0.303. The van der Waals surface area contributed by atoms with Crippen molar-refractivity contribution in [3.8, 4) is 5.75 Å². The van der Waals surface area contributed by atoms with Crippen LogP contribution >= 0.6 is 22.9 Å². The fourth-order valence-corrected chi connectivity index (χ4v) is 8.40. The van der Waals surface area contributed by atoms with E-state index in [-0.39, 0.29) is 42.3 Å². The molecule has 4 aliphatic rings. The number of hydrogen-bond acceptors (Lipinski definition) is 7. The number of nitrogens with one attached hydrogen (secondary N) is 2. The van der Waals surface area contributed by atoms with Gasteiger partial charge in [0.2, 0.25) is 11.8 Å². The highest BCUT2D eigenvalue weighted by Crippen LogP contribution is 2.41. The summed E-state index contributed by atoms with van der Waals surface area (Å²) >= 11 is 7.59. The van der Waals surface area contributed by atoms with Crippen molar-refractivity contribution in [1.82, 2.24) is 24.9 Å². The van der Waals surface area contributed by atoms with E-state index in [0.29, 0.717) is 51.6 Å². The molecule has 4 aliphatic heterocycles. The lowest BCUT2D eigenvalue weighted by atomic mass is 9.91. The first-order valence-electron chi connectivity index (χ1n) is 16.2. The van der Waals surface area contributed by atoms with Crippen LogP contribution in [0.4, 0.5) is 23.7 Å². The van der Waals surface area contributed by atoms with E-state index in [0.717, 1.165) is 55.7 Å². The second-order valence-electron chi connectivity index (χ2n) is 12.8. The van der Waals surface area contributed by atoms with Crippen molar-refractivity contribution in [2.45, 2.75) is 63.3 Å². The molecule has 0 bridgehead atoms. The Kier molecular flexibility index (Phi) is 10.2. The topological polar surface area (TPSA) is 108 Å². The minimum atomic E-state index is -4.84. The van der Waals surface area contributed by atoms with Crippen molar-refractivity contribution in [3.05, 3.63) is 44.6 Å². The van der Waals surface area contributed by atoms with Crippen LogP contribution in [0.15, 0.2) is 23.6 Å². The molecule has 15 heteroatoms. The quantitative estimate of drug-likeness (QED) is 0.391. The number of rotatable bonds is 7. The number of halogens is 4. The van der Waals surface area contributed by atoms with Crippen molar-refractivity contribution in [2.24, 2.45) is 5.92 Å². The molecule has 0 spiro atoms. The van der Waals surface area contributed by atoms with E-state index in [1.807, 2.05) is 16.3 Å². The van der Waals surface area contributed by atoms with E-state index < -0.39 is 28.4 Å². The summed E-state index contributed by atoms with van der Waals surface area (Å²) < 4.78 is 41.1. The first-order valence-corrected chi connectivity index (χ1v) is 17.5. The first kappa shape index (κ1) is 33.8. The van der Waals surface area contributed by atoms with E-state index in [4.69, 9.17) is 11.6 Å². The van der Waals surface area contributed by atoms with Crippen LogP contribution < -0.4 is 10.6 Å². The molecular formula is C32H40ClF3N6O4S. The number of piperazine rings is 1. The molecule has 0 radical (unpaired) electrons. The van der Waals surface area contributed by atoms with Crippen LogP contribution in [0.25, 0.3) is 0 Å². The minimum Gasteiger partial charge on any atom is -0.506 e. The molecule has 6 rings (SSSR count). The molecule has 1 aromatic carbocycles. The lowest BCUT2D eigenvalue weighted by Gasteiger charge is -2.41. The highest BCUT2D eigenvalue weighted by Gasteiger charge is 2.38. The number of carbonyl (C=O) groups is 3. The predicted molar refractivity (Wildman–Crippen MR) is 172 cm³/mol. The fraction of sp³-hybridized carbons (Fsp3) is 0.594. The molecule has 10 nitrogen and oxygen atoms in total. The molecule has 0 unspecified atom stereocenters. The van der Waals surface area contributed by atoms with Crippen molar-refractivity contribution in [2.75, 3.05) is 57.7 Å². The van der Waals surface area contributed by atoms with Gasteiger partial charge in [0.15, 0.2) is 0 Å². The summed E-state index contributed by atoms with van der Waals surface area (Å²) in [6.07, 6.45) is -2.38. The third-order valence-electron chi connectivity index (χ3n) is 9.94. The van der Waals surface area contributed by atoms with Crippen molar-refractivity contribution in [3.63, 3.8) is 0 Å². The predicted octanol–water partition coefficient (Wildman–Crippen LogP) is 4.61. The zero-order valence-electron chi connectivity index (χ0n) is 26.0. The number of piperidine rings is 2. The second-order valence-corrected chi connectivity index (χ2v) is 14.3. The molecule has 3 N–H and O–H groups in total. The number of anilines is 1. The Hall–Kier alpha value is -3.07. The zero-order chi connectivity index (χ0) is 33.3. The summed E-state index contributed by atoms with van der Waals surface area (Å²) in [7, 11) is 0. The highest BCUT2D eigenvalue weighted by molar-refractivity contribution is 7.10. The minimum absolute atomic E-state index is 0.0383. The molecule has 3 fully saturated rings. The van der Waals surface area contributed by atoms with Crippen LogP contribution in [0.5, 0.6) is 5.75 Å². The Morgan fingerprint density at radius 3 is 2.34 bits per heavy atom. The van der Waals surface area contributed by atoms with Gasteiger partial charge in [-0.15, -0.1) is 11.3 Å². The summed E-state index contributed by atoms with van der Waals surface area (Å²) in [6.45, 7) is 6.12. The fourth-order valence-electron chi connectivity index (χ4n) is 7.33. The van der Waals surface area contributed by atoms with Crippen LogP contribution in [0.3, 0.4) is 0 Å². The lowest BCUT2D eigenvalue weighted by molar-refractivity contribution is -0.143. The molecule has 2 aromatic rings. The lowest BCUT2D eigenvalue weighted by Crippen LogP contribution is -2.53. The third kappa shape index (κ3) is 7.65. The summed E-state index contributed by atoms with van der Waals surface area (Å²) in [4.78, 5) is 49.2. The Bertz CT molecular complexity index is 1470. The molecule has 0 saturated carbocycles. The average Bonchev–Trinajstić information content (AvgIpc) is 3.52. The van der Waals surface area contributed by atoms with E-state index in [1.54, 1.807) is 21.1 Å². The number of benzene rings is 1. The summed E-state index contributed by atoms with van der Waals surface area (Å²) in [5.74, 6) is -2.47. The number of likely N-dealkylation sites (tertiary alicyclic amines) is 2. The molecular weight excluding hydrogens is 657 g/mol. The summed E-state index contributed by atoms with van der Waals surface area (Å²) in [6, 6.07) is 4.11. The van der Waals surface area contributed by atoms with E-state index in [1.165, 1.54) is 6.07 Å². The van der Waals surface area contributed by atoms with Gasteiger partial charge < -0.3 is 30.4 Å². The number of thiophene rings is 1. The maximum atomic E-state index is 14.0. The SMILES string of the molecule is O=C(C[C@H](Cc1cc(Cl)c(O)c(C(F)(F)F)c1)C(=O)N1CCC(N2CCNCC2)CC1)N1CCC(N2Cc3sccc3NC2=O)CC1. The van der Waals surface area contributed by atoms with Crippen LogP contribution in [0.2, 0.25) is 5.02 Å². The molecule has 47 heavy (non-hydrogen) atoms. The summed E-state index contributed by atoms with van der Waals surface area (Å²) in [5, 5.41) is 17.8. The molecule has 0 aliphatic carbocycles. The number of nitrogens with zero attached hydrogens (tertiary/aromatic N) is 4. The van der Waals surface area contributed by atoms with Gasteiger partial charge >= 0.3 is 12.2 Å². The zero-order valence-corrected chi connectivity index (χ0v) is 27.6. The number of fused-ring (bicyclic) bond motifs is 1. The van der Waals surface area contributed by atoms with Crippen LogP contribution in [0, 0.1) is 5.92 Å². The Morgan fingerprint density at radius 1 is 1.00 bits per heavy atom. The number of phenols is 1. The third-order valence-corrected chi connectivity index (χ3v) is 11.1. The van der Waals surface area contributed by atoms with Gasteiger partial charge in [-0.05, 0) is 61.2 Å². The molecule has 4 amide bonds. The number of amides is 4. The van der Waals surface area contributed by atoms with Gasteiger partial charge in [0, 0.05) is 75.7 Å². The van der Waals surface area contributed by atoms with Gasteiger partial charge in [0.05, 0.1) is 28.7 Å². The first-order chi connectivity index (χ1) is 22.5. The van der Waals surface area contributed by atoms with E-state index in [9.17, 15) is 32.7 Å². The number of urea groups is 1. The standard InChI is InChI=1S/C32H40ClF3N6O4S/c33-25-17-20(16-24(29(25)44)32(34,35)36)15-21(30(45)41-10-1-22(2-11-41)39-12-6-37-7-13-39)18-28(43)40-8-3-23(4-9-40)42-19-27-26(5-14-47-27)38-31(42)46/h5,14,16-17,21-23,37,44H,1-4,6-13,15,18-19H2,(H,38,46)/t21-/m0/s1. The van der Waals surface area contributed by atoms with Gasteiger partial charge in [-0.25, -0.2) is 4.79 Å². The normalized spacial score (nSPS) is 21.0. The average molecular weight is 697 g/mol. The highest BCUT2D eigenvalue weighted by atomic mass is 35.5. The van der Waals surface area contributed by atoms with Gasteiger partial charge in [-0.3, -0.25) is 14.5 Å². The number of alkyl halides is 3. The van der Waals surface area contributed by atoms with E-state index in [2.05, 4.69) is 15.5 Å². The molecule has 5 heterocycles.